The highest BCUT2D eigenvalue weighted by atomic mass is 16.5. The number of nitrogens with zero attached hydrogens (tertiary/aromatic N) is 3. The largest absolute Gasteiger partial charge is 0.495 e. The number of methoxy groups -OCH3 is 1. The third-order valence-corrected chi connectivity index (χ3v) is 5.25. The molecule has 2 aromatic carbocycles. The number of para-hydroxylation sites is 3. The SMILES string of the molecule is COc1ccccc1N1CCCC(NC(=O)C(=O)c2cnn(-c3ccccc3)c2)C1. The Morgan fingerprint density at radius 3 is 2.67 bits per heavy atom. The normalized spacial score (nSPS) is 16.2. The van der Waals surface area contributed by atoms with E-state index in [1.807, 2.05) is 54.6 Å². The third-order valence-electron chi connectivity index (χ3n) is 5.25. The fraction of sp³-hybridized carbons (Fsp3) is 0.261. The number of ketones is 1. The molecular weight excluding hydrogens is 380 g/mol. The van der Waals surface area contributed by atoms with Gasteiger partial charge in [0.05, 0.1) is 30.2 Å². The third kappa shape index (κ3) is 4.20. The van der Waals surface area contributed by atoms with E-state index in [4.69, 9.17) is 4.74 Å². The molecule has 3 aromatic rings. The molecule has 0 aliphatic carbocycles. The van der Waals surface area contributed by atoms with Crippen LogP contribution in [0.2, 0.25) is 0 Å². The molecule has 0 spiro atoms. The number of hydrogen-bond donors (Lipinski definition) is 1. The van der Waals surface area contributed by atoms with Crippen LogP contribution < -0.4 is 15.0 Å². The van der Waals surface area contributed by atoms with Gasteiger partial charge < -0.3 is 15.0 Å². The first-order chi connectivity index (χ1) is 14.7. The molecule has 1 atom stereocenters. The average Bonchev–Trinajstić information content (AvgIpc) is 3.29. The van der Waals surface area contributed by atoms with Gasteiger partial charge in [0.25, 0.3) is 11.7 Å². The second-order valence-electron chi connectivity index (χ2n) is 7.27. The summed E-state index contributed by atoms with van der Waals surface area (Å²) in [5.41, 5.74) is 2.10. The first-order valence-electron chi connectivity index (χ1n) is 9.99. The van der Waals surface area contributed by atoms with Gasteiger partial charge in [0.15, 0.2) is 0 Å². The number of carbonyl (C=O) groups is 2. The molecule has 2 heterocycles. The Morgan fingerprint density at radius 2 is 1.87 bits per heavy atom. The maximum absolute atomic E-state index is 12.6. The summed E-state index contributed by atoms with van der Waals surface area (Å²) < 4.78 is 7.05. The molecule has 4 rings (SSSR count). The van der Waals surface area contributed by atoms with E-state index in [2.05, 4.69) is 15.3 Å². The number of amides is 1. The van der Waals surface area contributed by atoms with Crippen LogP contribution in [0.1, 0.15) is 23.2 Å². The number of anilines is 1. The number of carbonyl (C=O) groups excluding carboxylic acids is 2. The quantitative estimate of drug-likeness (QED) is 0.505. The molecule has 1 aromatic heterocycles. The molecule has 7 nitrogen and oxygen atoms in total. The van der Waals surface area contributed by atoms with Gasteiger partial charge in [-0.25, -0.2) is 4.68 Å². The van der Waals surface area contributed by atoms with Gasteiger partial charge in [0.1, 0.15) is 5.75 Å². The fourth-order valence-electron chi connectivity index (χ4n) is 3.75. The predicted octanol–water partition coefficient (Wildman–Crippen LogP) is 2.85. The van der Waals surface area contributed by atoms with Crippen LogP contribution in [-0.2, 0) is 4.79 Å². The van der Waals surface area contributed by atoms with E-state index in [9.17, 15) is 9.59 Å². The molecule has 1 fully saturated rings. The minimum Gasteiger partial charge on any atom is -0.495 e. The summed E-state index contributed by atoms with van der Waals surface area (Å²) in [6.07, 6.45) is 4.76. The van der Waals surface area contributed by atoms with Crippen LogP contribution in [0.25, 0.3) is 5.69 Å². The number of benzene rings is 2. The summed E-state index contributed by atoms with van der Waals surface area (Å²) in [5, 5.41) is 7.10. The van der Waals surface area contributed by atoms with Crippen molar-refractivity contribution in [2.45, 2.75) is 18.9 Å². The molecule has 1 unspecified atom stereocenters. The molecule has 0 saturated carbocycles. The lowest BCUT2D eigenvalue weighted by Gasteiger charge is -2.35. The summed E-state index contributed by atoms with van der Waals surface area (Å²) in [4.78, 5) is 27.4. The zero-order valence-electron chi connectivity index (χ0n) is 16.8. The second kappa shape index (κ2) is 8.82. The molecule has 1 amide bonds. The van der Waals surface area contributed by atoms with Crippen molar-refractivity contribution in [2.24, 2.45) is 0 Å². The van der Waals surface area contributed by atoms with Crippen LogP contribution >= 0.6 is 0 Å². The maximum Gasteiger partial charge on any atom is 0.292 e. The van der Waals surface area contributed by atoms with Crippen molar-refractivity contribution in [1.82, 2.24) is 15.1 Å². The first-order valence-corrected chi connectivity index (χ1v) is 9.99. The van der Waals surface area contributed by atoms with Gasteiger partial charge in [-0.1, -0.05) is 30.3 Å². The van der Waals surface area contributed by atoms with E-state index in [1.54, 1.807) is 18.0 Å². The highest BCUT2D eigenvalue weighted by Gasteiger charge is 2.26. The Labute approximate surface area is 175 Å². The summed E-state index contributed by atoms with van der Waals surface area (Å²) in [7, 11) is 1.65. The summed E-state index contributed by atoms with van der Waals surface area (Å²) >= 11 is 0. The van der Waals surface area contributed by atoms with Crippen LogP contribution in [0, 0.1) is 0 Å². The van der Waals surface area contributed by atoms with Gasteiger partial charge in [0.2, 0.25) is 0 Å². The molecule has 0 radical (unpaired) electrons. The van der Waals surface area contributed by atoms with Crippen LogP contribution in [0.5, 0.6) is 5.75 Å². The predicted molar refractivity (Wildman–Crippen MR) is 114 cm³/mol. The fourth-order valence-corrected chi connectivity index (χ4v) is 3.75. The van der Waals surface area contributed by atoms with Crippen molar-refractivity contribution < 1.29 is 14.3 Å². The topological polar surface area (TPSA) is 76.5 Å². The second-order valence-corrected chi connectivity index (χ2v) is 7.27. The standard InChI is InChI=1S/C23H24N4O3/c1-30-21-12-6-5-11-20(21)26-13-7-8-18(16-26)25-23(29)22(28)17-14-24-27(15-17)19-9-3-2-4-10-19/h2-6,9-12,14-15,18H,7-8,13,16H2,1H3,(H,25,29). The van der Waals surface area contributed by atoms with Crippen molar-refractivity contribution in [2.75, 3.05) is 25.1 Å². The number of ether oxygens (including phenoxy) is 1. The number of Topliss-reactive ketones (excluding diaryl/α,β-unsaturated/α-hetero) is 1. The molecular formula is C23H24N4O3. The molecule has 1 saturated heterocycles. The van der Waals surface area contributed by atoms with E-state index >= 15 is 0 Å². The minimum atomic E-state index is -0.602. The Balaban J connectivity index is 1.41. The monoisotopic (exact) mass is 404 g/mol. The molecule has 7 heteroatoms. The number of nitrogens with one attached hydrogen (secondary N) is 1. The van der Waals surface area contributed by atoms with Gasteiger partial charge in [-0.3, -0.25) is 9.59 Å². The van der Waals surface area contributed by atoms with Crippen molar-refractivity contribution >= 4 is 17.4 Å². The number of hydrogen-bond acceptors (Lipinski definition) is 5. The molecule has 1 aliphatic heterocycles. The van der Waals surface area contributed by atoms with Crippen LogP contribution in [0.3, 0.4) is 0 Å². The average molecular weight is 404 g/mol. The van der Waals surface area contributed by atoms with Crippen molar-refractivity contribution in [3.05, 3.63) is 72.6 Å². The smallest absolute Gasteiger partial charge is 0.292 e. The lowest BCUT2D eigenvalue weighted by atomic mass is 10.0. The van der Waals surface area contributed by atoms with E-state index < -0.39 is 11.7 Å². The van der Waals surface area contributed by atoms with Crippen molar-refractivity contribution in [3.8, 4) is 11.4 Å². The summed E-state index contributed by atoms with van der Waals surface area (Å²) in [6.45, 7) is 1.51. The van der Waals surface area contributed by atoms with Gasteiger partial charge in [-0.2, -0.15) is 5.10 Å². The molecule has 0 bridgehead atoms. The van der Waals surface area contributed by atoms with E-state index in [0.29, 0.717) is 6.54 Å². The Hall–Kier alpha value is -3.61. The van der Waals surface area contributed by atoms with Crippen LogP contribution in [0.15, 0.2) is 67.0 Å². The molecule has 1 aliphatic rings. The van der Waals surface area contributed by atoms with E-state index in [-0.39, 0.29) is 11.6 Å². The zero-order valence-corrected chi connectivity index (χ0v) is 16.8. The van der Waals surface area contributed by atoms with Gasteiger partial charge >= 0.3 is 0 Å². The summed E-state index contributed by atoms with van der Waals surface area (Å²) in [5.74, 6) is -0.380. The lowest BCUT2D eigenvalue weighted by Crippen LogP contribution is -2.49. The Bertz CT molecular complexity index is 1030. The van der Waals surface area contributed by atoms with Crippen LogP contribution in [-0.4, -0.2) is 47.7 Å². The van der Waals surface area contributed by atoms with Crippen molar-refractivity contribution in [1.29, 1.82) is 0 Å². The Morgan fingerprint density at radius 1 is 1.10 bits per heavy atom. The number of rotatable bonds is 6. The molecule has 154 valence electrons. The number of aromatic nitrogens is 2. The van der Waals surface area contributed by atoms with E-state index in [1.165, 1.54) is 6.20 Å². The van der Waals surface area contributed by atoms with Gasteiger partial charge in [-0.05, 0) is 37.1 Å². The number of piperidine rings is 1. The lowest BCUT2D eigenvalue weighted by molar-refractivity contribution is -0.117. The highest BCUT2D eigenvalue weighted by molar-refractivity contribution is 6.42. The van der Waals surface area contributed by atoms with E-state index in [0.717, 1.165) is 36.5 Å². The van der Waals surface area contributed by atoms with Crippen molar-refractivity contribution in [3.63, 3.8) is 0 Å². The van der Waals surface area contributed by atoms with Gasteiger partial charge in [-0.15, -0.1) is 0 Å². The molecule has 1 N–H and O–H groups in total. The zero-order chi connectivity index (χ0) is 20.9. The first kappa shape index (κ1) is 19.7. The minimum absolute atomic E-state index is 0.107. The summed E-state index contributed by atoms with van der Waals surface area (Å²) in [6, 6.07) is 17.2. The maximum atomic E-state index is 12.6. The van der Waals surface area contributed by atoms with Crippen LogP contribution in [0.4, 0.5) is 5.69 Å². The molecule has 30 heavy (non-hydrogen) atoms. The Kier molecular flexibility index (Phi) is 5.79. The van der Waals surface area contributed by atoms with Gasteiger partial charge in [0, 0.05) is 25.3 Å². The highest BCUT2D eigenvalue weighted by Crippen LogP contribution is 2.29.